The molecule has 318 valence electrons. The Morgan fingerprint density at radius 2 is 1.04 bits per heavy atom. The van der Waals surface area contributed by atoms with Gasteiger partial charge in [-0.3, -0.25) is 18.6 Å². The van der Waals surface area contributed by atoms with Crippen LogP contribution in [0.4, 0.5) is 0 Å². The third kappa shape index (κ3) is 42.7. The molecule has 0 aliphatic carbocycles. The standard InChI is InChI=1S/C45H80NO8P/c1-3-5-7-9-11-13-15-17-19-20-21-22-24-25-27-29-31-33-35-37-44(48)46-39-40-53-55(50,51)54-42-43(47)41-52-45(49)38-36-34-32-30-28-26-23-18-16-14-12-10-8-6-4-2/h6,8,11-14,17-19,23,43,47H,3-5,7,9-10,15-16,20-22,24-42H2,1-2H3,(H,46,48)(H,50,51)/b8-6-,13-11-,14-12-,19-17-,23-18-. The van der Waals surface area contributed by atoms with Gasteiger partial charge in [0, 0.05) is 19.4 Å². The van der Waals surface area contributed by atoms with Crippen molar-refractivity contribution in [2.45, 2.75) is 187 Å². The molecule has 0 aliphatic heterocycles. The molecule has 0 aromatic heterocycles. The Morgan fingerprint density at radius 1 is 0.582 bits per heavy atom. The number of unbranched alkanes of at least 4 members (excludes halogenated alkanes) is 17. The van der Waals surface area contributed by atoms with E-state index < -0.39 is 26.5 Å². The van der Waals surface area contributed by atoms with Crippen LogP contribution >= 0.6 is 7.82 Å². The quantitative estimate of drug-likeness (QED) is 0.0242. The summed E-state index contributed by atoms with van der Waals surface area (Å²) >= 11 is 0. The Kier molecular flexibility index (Phi) is 39.6. The van der Waals surface area contributed by atoms with Crippen LogP contribution in [0, 0.1) is 0 Å². The van der Waals surface area contributed by atoms with E-state index in [0.717, 1.165) is 77.0 Å². The Labute approximate surface area is 336 Å². The van der Waals surface area contributed by atoms with Crippen molar-refractivity contribution >= 4 is 19.7 Å². The molecule has 0 radical (unpaired) electrons. The Balaban J connectivity index is 3.62. The molecule has 1 amide bonds. The van der Waals surface area contributed by atoms with Gasteiger partial charge in [-0.15, -0.1) is 0 Å². The molecule has 10 heteroatoms. The first-order valence-corrected chi connectivity index (χ1v) is 23.3. The molecule has 0 aromatic carbocycles. The number of phosphoric acid groups is 1. The maximum absolute atomic E-state index is 12.1. The summed E-state index contributed by atoms with van der Waals surface area (Å²) in [5.41, 5.74) is 0. The molecular formula is C45H80NO8P. The third-order valence-corrected chi connectivity index (χ3v) is 9.92. The van der Waals surface area contributed by atoms with Crippen LogP contribution in [-0.4, -0.2) is 54.3 Å². The molecule has 0 heterocycles. The van der Waals surface area contributed by atoms with Crippen molar-refractivity contribution in [3.8, 4) is 0 Å². The summed E-state index contributed by atoms with van der Waals surface area (Å²) in [4.78, 5) is 33.9. The van der Waals surface area contributed by atoms with E-state index in [9.17, 15) is 24.2 Å². The van der Waals surface area contributed by atoms with Crippen molar-refractivity contribution < 1.29 is 37.9 Å². The van der Waals surface area contributed by atoms with Gasteiger partial charge in [-0.1, -0.05) is 152 Å². The highest BCUT2D eigenvalue weighted by molar-refractivity contribution is 7.47. The van der Waals surface area contributed by atoms with Gasteiger partial charge in [-0.2, -0.15) is 0 Å². The summed E-state index contributed by atoms with van der Waals surface area (Å²) in [7, 11) is -4.42. The summed E-state index contributed by atoms with van der Waals surface area (Å²) < 4.78 is 26.9. The lowest BCUT2D eigenvalue weighted by Crippen LogP contribution is -2.27. The summed E-state index contributed by atoms with van der Waals surface area (Å²) in [5, 5.41) is 12.7. The maximum atomic E-state index is 12.1. The number of hydrogen-bond acceptors (Lipinski definition) is 7. The SMILES string of the molecule is CC/C=C\C/C=C\C/C=C\CCCCCCCC(=O)OCC(O)COP(=O)(O)OCCNC(=O)CCCCCCCCCCC/C=C\C/C=C\CCCCC. The number of ether oxygens (including phenoxy) is 1. The van der Waals surface area contributed by atoms with Crippen LogP contribution in [0.2, 0.25) is 0 Å². The Bertz CT molecular complexity index is 1090. The molecular weight excluding hydrogens is 713 g/mol. The molecule has 0 saturated carbocycles. The molecule has 55 heavy (non-hydrogen) atoms. The van der Waals surface area contributed by atoms with Crippen molar-refractivity contribution in [2.24, 2.45) is 0 Å². The molecule has 0 rings (SSSR count). The Morgan fingerprint density at radius 3 is 1.56 bits per heavy atom. The number of amides is 1. The van der Waals surface area contributed by atoms with Gasteiger partial charge in [0.15, 0.2) is 0 Å². The number of carbonyl (C=O) groups is 2. The van der Waals surface area contributed by atoms with E-state index in [1.54, 1.807) is 0 Å². The average Bonchev–Trinajstić information content (AvgIpc) is 3.17. The number of phosphoric ester groups is 1. The van der Waals surface area contributed by atoms with Crippen molar-refractivity contribution in [3.05, 3.63) is 60.8 Å². The monoisotopic (exact) mass is 794 g/mol. The van der Waals surface area contributed by atoms with Gasteiger partial charge in [0.1, 0.15) is 12.7 Å². The van der Waals surface area contributed by atoms with Crippen LogP contribution < -0.4 is 5.32 Å². The van der Waals surface area contributed by atoms with Crippen LogP contribution in [0.15, 0.2) is 60.8 Å². The minimum Gasteiger partial charge on any atom is -0.463 e. The van der Waals surface area contributed by atoms with Gasteiger partial charge in [0.05, 0.1) is 13.2 Å². The number of nitrogens with one attached hydrogen (secondary N) is 1. The van der Waals surface area contributed by atoms with Crippen molar-refractivity contribution in [1.29, 1.82) is 0 Å². The number of rotatable bonds is 40. The maximum Gasteiger partial charge on any atom is 0.472 e. The second kappa shape index (κ2) is 41.3. The van der Waals surface area contributed by atoms with Gasteiger partial charge >= 0.3 is 13.8 Å². The van der Waals surface area contributed by atoms with E-state index in [0.29, 0.717) is 12.8 Å². The fourth-order valence-corrected chi connectivity index (χ4v) is 6.42. The van der Waals surface area contributed by atoms with Gasteiger partial charge in [-0.25, -0.2) is 4.57 Å². The van der Waals surface area contributed by atoms with Crippen LogP contribution in [0.5, 0.6) is 0 Å². The van der Waals surface area contributed by atoms with Crippen molar-refractivity contribution in [1.82, 2.24) is 5.32 Å². The van der Waals surface area contributed by atoms with E-state index in [1.165, 1.54) is 70.6 Å². The summed E-state index contributed by atoms with van der Waals surface area (Å²) in [6.07, 6.45) is 48.6. The van der Waals surface area contributed by atoms with Crippen molar-refractivity contribution in [3.63, 3.8) is 0 Å². The highest BCUT2D eigenvalue weighted by Crippen LogP contribution is 2.42. The number of esters is 1. The van der Waals surface area contributed by atoms with Crippen LogP contribution in [-0.2, 0) is 27.9 Å². The van der Waals surface area contributed by atoms with E-state index in [4.69, 9.17) is 13.8 Å². The van der Waals surface area contributed by atoms with Crippen LogP contribution in [0.25, 0.3) is 0 Å². The zero-order valence-electron chi connectivity index (χ0n) is 34.9. The Hall–Kier alpha value is -2.29. The highest BCUT2D eigenvalue weighted by Gasteiger charge is 2.23. The first kappa shape index (κ1) is 52.7. The first-order valence-electron chi connectivity index (χ1n) is 21.8. The smallest absolute Gasteiger partial charge is 0.463 e. The van der Waals surface area contributed by atoms with Gasteiger partial charge < -0.3 is 20.1 Å². The van der Waals surface area contributed by atoms with Gasteiger partial charge in [0.2, 0.25) is 5.91 Å². The molecule has 0 fully saturated rings. The second-order valence-corrected chi connectivity index (χ2v) is 15.7. The number of allylic oxidation sites excluding steroid dienone is 10. The second-order valence-electron chi connectivity index (χ2n) is 14.3. The van der Waals surface area contributed by atoms with Gasteiger partial charge in [0.25, 0.3) is 0 Å². The van der Waals surface area contributed by atoms with Crippen molar-refractivity contribution in [2.75, 3.05) is 26.4 Å². The minimum atomic E-state index is -4.42. The van der Waals surface area contributed by atoms with E-state index in [1.807, 2.05) is 0 Å². The number of aliphatic hydroxyl groups excluding tert-OH is 1. The molecule has 0 spiro atoms. The largest absolute Gasteiger partial charge is 0.472 e. The normalized spacial score (nSPS) is 13.9. The molecule has 9 nitrogen and oxygen atoms in total. The number of hydrogen-bond donors (Lipinski definition) is 3. The zero-order chi connectivity index (χ0) is 40.3. The molecule has 2 atom stereocenters. The summed E-state index contributed by atoms with van der Waals surface area (Å²) in [6.45, 7) is 3.39. The van der Waals surface area contributed by atoms with E-state index in [-0.39, 0.29) is 32.1 Å². The fourth-order valence-electron chi connectivity index (χ4n) is 5.66. The molecule has 3 N–H and O–H groups in total. The predicted molar refractivity (Wildman–Crippen MR) is 229 cm³/mol. The zero-order valence-corrected chi connectivity index (χ0v) is 35.7. The van der Waals surface area contributed by atoms with E-state index in [2.05, 4.69) is 79.9 Å². The number of aliphatic hydroxyl groups is 1. The van der Waals surface area contributed by atoms with Gasteiger partial charge in [-0.05, 0) is 77.0 Å². The lowest BCUT2D eigenvalue weighted by molar-refractivity contribution is -0.147. The summed E-state index contributed by atoms with van der Waals surface area (Å²) in [5.74, 6) is -0.541. The van der Waals surface area contributed by atoms with Crippen LogP contribution in [0.1, 0.15) is 181 Å². The topological polar surface area (TPSA) is 131 Å². The molecule has 0 bridgehead atoms. The average molecular weight is 794 g/mol. The molecule has 0 aliphatic rings. The minimum absolute atomic E-state index is 0.0748. The lowest BCUT2D eigenvalue weighted by Gasteiger charge is -2.15. The molecule has 0 aromatic rings. The first-order chi connectivity index (χ1) is 26.8. The molecule has 2 unspecified atom stereocenters. The predicted octanol–water partition coefficient (Wildman–Crippen LogP) is 12.1. The summed E-state index contributed by atoms with van der Waals surface area (Å²) in [6, 6.07) is 0. The highest BCUT2D eigenvalue weighted by atomic mass is 31.2. The third-order valence-electron chi connectivity index (χ3n) is 8.93. The molecule has 0 saturated heterocycles. The van der Waals surface area contributed by atoms with Crippen LogP contribution in [0.3, 0.4) is 0 Å². The van der Waals surface area contributed by atoms with E-state index >= 15 is 0 Å². The lowest BCUT2D eigenvalue weighted by atomic mass is 10.1. The number of carbonyl (C=O) groups excluding carboxylic acids is 2. The fraction of sp³-hybridized carbons (Fsp3) is 0.733.